The van der Waals surface area contributed by atoms with Gasteiger partial charge in [-0.15, -0.1) is 0 Å². The number of phenols is 1. The average Bonchev–Trinajstić information content (AvgIpc) is 2.69. The Hall–Kier alpha value is -1.76. The Morgan fingerprint density at radius 1 is 1.53 bits per heavy atom. The zero-order valence-corrected chi connectivity index (χ0v) is 10.3. The molecule has 5 nitrogen and oxygen atoms in total. The van der Waals surface area contributed by atoms with E-state index in [0.717, 1.165) is 6.07 Å². The number of rotatable bonds is 2. The third-order valence-corrected chi connectivity index (χ3v) is 2.76. The van der Waals surface area contributed by atoms with Crippen molar-refractivity contribution in [2.75, 3.05) is 12.8 Å². The minimum absolute atomic E-state index is 0.0481. The van der Waals surface area contributed by atoms with Gasteiger partial charge in [-0.2, -0.15) is 0 Å². The highest BCUT2D eigenvalue weighted by molar-refractivity contribution is 9.10. The van der Waals surface area contributed by atoms with Gasteiger partial charge in [-0.25, -0.2) is 4.39 Å². The Bertz CT molecular complexity index is 571. The first-order valence-electron chi connectivity index (χ1n) is 4.52. The van der Waals surface area contributed by atoms with Crippen LogP contribution < -0.4 is 10.5 Å². The molecular weight excluding hydrogens is 295 g/mol. The van der Waals surface area contributed by atoms with E-state index in [4.69, 9.17) is 15.0 Å². The van der Waals surface area contributed by atoms with E-state index in [2.05, 4.69) is 21.1 Å². The number of halogens is 2. The van der Waals surface area contributed by atoms with E-state index in [0.29, 0.717) is 10.0 Å². The Morgan fingerprint density at radius 2 is 2.24 bits per heavy atom. The zero-order chi connectivity index (χ0) is 12.6. The van der Waals surface area contributed by atoms with Crippen LogP contribution in [-0.4, -0.2) is 17.4 Å². The highest BCUT2D eigenvalue weighted by Crippen LogP contribution is 2.44. The standard InChI is InChI=1S/C10H8BrFN2O3/c1-16-10-8(6-3-7(13)14-17-6)4(11)2-5(12)9(10)15/h2-3,15H,1H3,(H2,13,14). The monoisotopic (exact) mass is 302 g/mol. The molecule has 0 aliphatic carbocycles. The molecule has 3 N–H and O–H groups in total. The van der Waals surface area contributed by atoms with Crippen LogP contribution in [0.3, 0.4) is 0 Å². The summed E-state index contributed by atoms with van der Waals surface area (Å²) in [6.45, 7) is 0. The van der Waals surface area contributed by atoms with E-state index < -0.39 is 11.6 Å². The number of hydrogen-bond acceptors (Lipinski definition) is 5. The highest BCUT2D eigenvalue weighted by Gasteiger charge is 2.21. The van der Waals surface area contributed by atoms with Crippen molar-refractivity contribution in [3.8, 4) is 22.8 Å². The lowest BCUT2D eigenvalue weighted by molar-refractivity contribution is 0.355. The number of aromatic hydroxyl groups is 1. The van der Waals surface area contributed by atoms with Crippen LogP contribution in [-0.2, 0) is 0 Å². The smallest absolute Gasteiger partial charge is 0.195 e. The molecule has 0 unspecified atom stereocenters. The Kier molecular flexibility index (Phi) is 2.93. The maximum absolute atomic E-state index is 13.3. The number of phenolic OH excluding ortho intramolecular Hbond substituents is 1. The topological polar surface area (TPSA) is 81.5 Å². The predicted molar refractivity (Wildman–Crippen MR) is 62.2 cm³/mol. The van der Waals surface area contributed by atoms with Crippen molar-refractivity contribution in [2.24, 2.45) is 0 Å². The molecule has 7 heteroatoms. The number of benzene rings is 1. The molecule has 0 aliphatic rings. The molecule has 0 fully saturated rings. The summed E-state index contributed by atoms with van der Waals surface area (Å²) in [4.78, 5) is 0. The first kappa shape index (κ1) is 11.7. The molecule has 1 heterocycles. The first-order valence-corrected chi connectivity index (χ1v) is 5.31. The lowest BCUT2D eigenvalue weighted by atomic mass is 10.1. The molecular formula is C10H8BrFN2O3. The van der Waals surface area contributed by atoms with Gasteiger partial charge in [0.1, 0.15) is 0 Å². The first-order chi connectivity index (χ1) is 8.04. The van der Waals surface area contributed by atoms with Crippen LogP contribution in [0.5, 0.6) is 11.5 Å². The van der Waals surface area contributed by atoms with Crippen molar-refractivity contribution in [3.05, 3.63) is 22.4 Å². The molecule has 1 aromatic heterocycles. The number of anilines is 1. The largest absolute Gasteiger partial charge is 0.502 e. The quantitative estimate of drug-likeness (QED) is 0.891. The molecule has 2 aromatic rings. The number of ether oxygens (including phenoxy) is 1. The molecule has 0 spiro atoms. The normalized spacial score (nSPS) is 10.5. The Balaban J connectivity index is 2.72. The predicted octanol–water partition coefficient (Wildman–Crippen LogP) is 2.54. The summed E-state index contributed by atoms with van der Waals surface area (Å²) in [5, 5.41) is 13.1. The Labute approximate surface area is 104 Å². The highest BCUT2D eigenvalue weighted by atomic mass is 79.9. The second kappa shape index (κ2) is 4.25. The molecule has 0 atom stereocenters. The van der Waals surface area contributed by atoms with Gasteiger partial charge in [0.25, 0.3) is 0 Å². The van der Waals surface area contributed by atoms with E-state index in [-0.39, 0.29) is 17.3 Å². The number of nitrogens with zero attached hydrogens (tertiary/aromatic N) is 1. The molecule has 0 saturated heterocycles. The van der Waals surface area contributed by atoms with Gasteiger partial charge in [0.15, 0.2) is 28.9 Å². The van der Waals surface area contributed by atoms with Crippen molar-refractivity contribution in [2.45, 2.75) is 0 Å². The number of nitrogens with two attached hydrogens (primary N) is 1. The number of nitrogen functional groups attached to an aromatic ring is 1. The fraction of sp³-hybridized carbons (Fsp3) is 0.100. The van der Waals surface area contributed by atoms with E-state index in [1.54, 1.807) is 0 Å². The van der Waals surface area contributed by atoms with Gasteiger partial charge in [-0.3, -0.25) is 0 Å². The summed E-state index contributed by atoms with van der Waals surface area (Å²) >= 11 is 3.16. The number of hydrogen-bond donors (Lipinski definition) is 2. The molecule has 17 heavy (non-hydrogen) atoms. The zero-order valence-electron chi connectivity index (χ0n) is 8.70. The van der Waals surface area contributed by atoms with Gasteiger partial charge in [-0.05, 0) is 22.0 Å². The van der Waals surface area contributed by atoms with Gasteiger partial charge in [0.2, 0.25) is 0 Å². The molecule has 2 rings (SSSR count). The number of aromatic nitrogens is 1. The van der Waals surface area contributed by atoms with Gasteiger partial charge < -0.3 is 20.1 Å². The summed E-state index contributed by atoms with van der Waals surface area (Å²) in [6, 6.07) is 2.55. The average molecular weight is 303 g/mol. The summed E-state index contributed by atoms with van der Waals surface area (Å²) in [6.07, 6.45) is 0. The van der Waals surface area contributed by atoms with Crippen LogP contribution in [0.15, 0.2) is 21.1 Å². The molecule has 0 aliphatic heterocycles. The van der Waals surface area contributed by atoms with E-state index in [1.165, 1.54) is 13.2 Å². The number of methoxy groups -OCH3 is 1. The van der Waals surface area contributed by atoms with Crippen LogP contribution in [0.2, 0.25) is 0 Å². The summed E-state index contributed by atoms with van der Waals surface area (Å²) in [5.74, 6) is -1.00. The second-order valence-corrected chi connectivity index (χ2v) is 4.07. The van der Waals surface area contributed by atoms with Crippen LogP contribution >= 0.6 is 15.9 Å². The molecule has 0 bridgehead atoms. The van der Waals surface area contributed by atoms with Crippen molar-refractivity contribution in [1.29, 1.82) is 0 Å². The van der Waals surface area contributed by atoms with E-state index in [1.807, 2.05) is 0 Å². The van der Waals surface area contributed by atoms with Crippen molar-refractivity contribution in [3.63, 3.8) is 0 Å². The Morgan fingerprint density at radius 3 is 2.76 bits per heavy atom. The maximum atomic E-state index is 13.3. The fourth-order valence-corrected chi connectivity index (χ4v) is 2.00. The lowest BCUT2D eigenvalue weighted by Crippen LogP contribution is -1.92. The van der Waals surface area contributed by atoms with Gasteiger partial charge in [0, 0.05) is 10.5 Å². The molecule has 0 amide bonds. The summed E-state index contributed by atoms with van der Waals surface area (Å²) in [5.41, 5.74) is 5.77. The third kappa shape index (κ3) is 1.93. The van der Waals surface area contributed by atoms with Gasteiger partial charge in [0.05, 0.1) is 12.7 Å². The van der Waals surface area contributed by atoms with Crippen LogP contribution in [0.25, 0.3) is 11.3 Å². The molecule has 1 aromatic carbocycles. The van der Waals surface area contributed by atoms with E-state index in [9.17, 15) is 9.50 Å². The van der Waals surface area contributed by atoms with Crippen molar-refractivity contribution >= 4 is 21.7 Å². The van der Waals surface area contributed by atoms with E-state index >= 15 is 0 Å². The van der Waals surface area contributed by atoms with Crippen LogP contribution in [0.1, 0.15) is 0 Å². The molecule has 0 radical (unpaired) electrons. The van der Waals surface area contributed by atoms with Crippen LogP contribution in [0.4, 0.5) is 10.2 Å². The fourth-order valence-electron chi connectivity index (χ4n) is 1.42. The lowest BCUT2D eigenvalue weighted by Gasteiger charge is -2.10. The molecule has 0 saturated carbocycles. The second-order valence-electron chi connectivity index (χ2n) is 3.21. The minimum Gasteiger partial charge on any atom is -0.502 e. The van der Waals surface area contributed by atoms with Crippen molar-refractivity contribution in [1.82, 2.24) is 5.16 Å². The third-order valence-electron chi connectivity index (χ3n) is 2.14. The SMILES string of the molecule is COc1c(O)c(F)cc(Br)c1-c1cc(N)no1. The van der Waals surface area contributed by atoms with Crippen molar-refractivity contribution < 1.29 is 18.8 Å². The maximum Gasteiger partial charge on any atom is 0.195 e. The summed E-state index contributed by atoms with van der Waals surface area (Å²) in [7, 11) is 1.31. The van der Waals surface area contributed by atoms with Gasteiger partial charge >= 0.3 is 0 Å². The summed E-state index contributed by atoms with van der Waals surface area (Å²) < 4.78 is 23.6. The minimum atomic E-state index is -0.801. The van der Waals surface area contributed by atoms with Crippen LogP contribution in [0, 0.1) is 5.82 Å². The van der Waals surface area contributed by atoms with Gasteiger partial charge in [-0.1, -0.05) is 5.16 Å². The molecule has 90 valence electrons.